The second-order valence-corrected chi connectivity index (χ2v) is 9.09. The van der Waals surface area contributed by atoms with E-state index < -0.39 is 6.04 Å². The predicted octanol–water partition coefficient (Wildman–Crippen LogP) is 5.24. The van der Waals surface area contributed by atoms with E-state index in [-0.39, 0.29) is 24.5 Å². The lowest BCUT2D eigenvalue weighted by atomic mass is 10.0. The summed E-state index contributed by atoms with van der Waals surface area (Å²) in [6.45, 7) is 8.14. The number of nitrogens with one attached hydrogen (secondary N) is 1. The van der Waals surface area contributed by atoms with Crippen LogP contribution < -0.4 is 10.1 Å². The smallest absolute Gasteiger partial charge is 0.261 e. The van der Waals surface area contributed by atoms with Crippen molar-refractivity contribution in [3.63, 3.8) is 0 Å². The molecular weight excluding hydrogens is 436 g/mol. The van der Waals surface area contributed by atoms with Crippen LogP contribution in [0.5, 0.6) is 5.75 Å². The van der Waals surface area contributed by atoms with Crippen molar-refractivity contribution in [2.75, 3.05) is 6.61 Å². The molecule has 0 heterocycles. The van der Waals surface area contributed by atoms with Gasteiger partial charge in [0.1, 0.15) is 11.8 Å². The highest BCUT2D eigenvalue weighted by molar-refractivity contribution is 5.88. The van der Waals surface area contributed by atoms with E-state index in [1.165, 1.54) is 0 Å². The van der Waals surface area contributed by atoms with Gasteiger partial charge in [0.25, 0.3) is 5.91 Å². The average molecular weight is 473 g/mol. The molecule has 0 unspecified atom stereocenters. The average Bonchev–Trinajstić information content (AvgIpc) is 2.87. The van der Waals surface area contributed by atoms with E-state index in [0.717, 1.165) is 28.7 Å². The van der Waals surface area contributed by atoms with Gasteiger partial charge in [-0.05, 0) is 55.5 Å². The molecule has 0 aliphatic rings. The van der Waals surface area contributed by atoms with Gasteiger partial charge >= 0.3 is 0 Å². The van der Waals surface area contributed by atoms with Crippen molar-refractivity contribution in [3.05, 3.63) is 101 Å². The molecule has 0 bridgehead atoms. The molecule has 5 nitrogen and oxygen atoms in total. The van der Waals surface area contributed by atoms with Gasteiger partial charge in [0.05, 0.1) is 0 Å². The van der Waals surface area contributed by atoms with E-state index in [2.05, 4.69) is 5.32 Å². The lowest BCUT2D eigenvalue weighted by Gasteiger charge is -2.32. The lowest BCUT2D eigenvalue weighted by molar-refractivity contribution is -0.143. The van der Waals surface area contributed by atoms with E-state index in [1.54, 1.807) is 4.90 Å². The molecule has 0 saturated heterocycles. The topological polar surface area (TPSA) is 58.6 Å². The van der Waals surface area contributed by atoms with Crippen LogP contribution in [-0.2, 0) is 22.6 Å². The minimum absolute atomic E-state index is 0.0145. The molecule has 0 aliphatic heterocycles. The number of carbonyl (C=O) groups is 2. The molecule has 0 fully saturated rings. The maximum Gasteiger partial charge on any atom is 0.261 e. The SMILES string of the molecule is CC[C@@H](C)NC(=O)[C@H](Cc1ccccc1)N(Cc1ccccc1)C(=O)COc1cc(C)ccc1C. The number of nitrogens with zero attached hydrogens (tertiary/aromatic N) is 1. The van der Waals surface area contributed by atoms with Gasteiger partial charge in [-0.25, -0.2) is 0 Å². The van der Waals surface area contributed by atoms with Crippen LogP contribution in [0.25, 0.3) is 0 Å². The van der Waals surface area contributed by atoms with Crippen molar-refractivity contribution in [2.45, 2.75) is 59.2 Å². The summed E-state index contributed by atoms with van der Waals surface area (Å²) in [5, 5.41) is 3.09. The Balaban J connectivity index is 1.91. The second kappa shape index (κ2) is 12.7. The van der Waals surface area contributed by atoms with Crippen molar-refractivity contribution in [1.29, 1.82) is 0 Å². The van der Waals surface area contributed by atoms with Crippen molar-refractivity contribution < 1.29 is 14.3 Å². The number of ether oxygens (including phenoxy) is 1. The Morgan fingerprint density at radius 3 is 2.17 bits per heavy atom. The lowest BCUT2D eigenvalue weighted by Crippen LogP contribution is -2.53. The summed E-state index contributed by atoms with van der Waals surface area (Å²) in [7, 11) is 0. The van der Waals surface area contributed by atoms with E-state index in [0.29, 0.717) is 18.7 Å². The zero-order chi connectivity index (χ0) is 25.2. The summed E-state index contributed by atoms with van der Waals surface area (Å²) in [6, 6.07) is 24.9. The summed E-state index contributed by atoms with van der Waals surface area (Å²) >= 11 is 0. The quantitative estimate of drug-likeness (QED) is 0.415. The van der Waals surface area contributed by atoms with Crippen LogP contribution >= 0.6 is 0 Å². The summed E-state index contributed by atoms with van der Waals surface area (Å²) < 4.78 is 5.96. The molecule has 0 aliphatic carbocycles. The van der Waals surface area contributed by atoms with Crippen molar-refractivity contribution in [1.82, 2.24) is 10.2 Å². The van der Waals surface area contributed by atoms with Crippen molar-refractivity contribution in [2.24, 2.45) is 0 Å². The molecule has 3 aromatic rings. The first-order valence-corrected chi connectivity index (χ1v) is 12.2. The highest BCUT2D eigenvalue weighted by atomic mass is 16.5. The van der Waals surface area contributed by atoms with E-state index in [4.69, 9.17) is 4.74 Å². The molecule has 5 heteroatoms. The Hall–Kier alpha value is -3.60. The summed E-state index contributed by atoms with van der Waals surface area (Å²) in [6.07, 6.45) is 1.23. The molecule has 1 N–H and O–H groups in total. The van der Waals surface area contributed by atoms with Gasteiger partial charge in [-0.15, -0.1) is 0 Å². The van der Waals surface area contributed by atoms with E-state index in [1.807, 2.05) is 107 Å². The van der Waals surface area contributed by atoms with Crippen LogP contribution in [0.2, 0.25) is 0 Å². The second-order valence-electron chi connectivity index (χ2n) is 9.09. The highest BCUT2D eigenvalue weighted by Gasteiger charge is 2.31. The Kier molecular flexibility index (Phi) is 9.47. The fourth-order valence-corrected chi connectivity index (χ4v) is 3.86. The first kappa shape index (κ1) is 26.0. The van der Waals surface area contributed by atoms with E-state index in [9.17, 15) is 9.59 Å². The molecular formula is C30H36N2O3. The molecule has 0 saturated carbocycles. The van der Waals surface area contributed by atoms with Crippen LogP contribution in [0.1, 0.15) is 42.5 Å². The first-order valence-electron chi connectivity index (χ1n) is 12.2. The minimum Gasteiger partial charge on any atom is -0.483 e. The third-order valence-corrected chi connectivity index (χ3v) is 6.16. The summed E-state index contributed by atoms with van der Waals surface area (Å²) in [5.74, 6) is 0.302. The van der Waals surface area contributed by atoms with Gasteiger partial charge in [0, 0.05) is 19.0 Å². The van der Waals surface area contributed by atoms with Gasteiger partial charge in [0.2, 0.25) is 5.91 Å². The number of carbonyl (C=O) groups excluding carboxylic acids is 2. The first-order chi connectivity index (χ1) is 16.9. The highest BCUT2D eigenvalue weighted by Crippen LogP contribution is 2.20. The molecule has 3 aromatic carbocycles. The third kappa shape index (κ3) is 7.71. The Bertz CT molecular complexity index is 1100. The van der Waals surface area contributed by atoms with Gasteiger partial charge in [-0.3, -0.25) is 9.59 Å². The standard InChI is InChI=1S/C30H36N2O3/c1-5-24(4)31-30(34)27(19-25-12-8-6-9-13-25)32(20-26-14-10-7-11-15-26)29(33)21-35-28-18-22(2)16-17-23(28)3/h6-18,24,27H,5,19-21H2,1-4H3,(H,31,34)/t24-,27+/m1/s1. The molecule has 35 heavy (non-hydrogen) atoms. The Morgan fingerprint density at radius 2 is 1.54 bits per heavy atom. The number of rotatable bonds is 11. The van der Waals surface area contributed by atoms with E-state index >= 15 is 0 Å². The summed E-state index contributed by atoms with van der Waals surface area (Å²) in [4.78, 5) is 28.8. The summed E-state index contributed by atoms with van der Waals surface area (Å²) in [5.41, 5.74) is 3.99. The Labute approximate surface area is 209 Å². The zero-order valence-electron chi connectivity index (χ0n) is 21.2. The molecule has 184 valence electrons. The van der Waals surface area contributed by atoms with Gasteiger partial charge in [-0.1, -0.05) is 79.7 Å². The van der Waals surface area contributed by atoms with Gasteiger partial charge in [-0.2, -0.15) is 0 Å². The largest absolute Gasteiger partial charge is 0.483 e. The number of hydrogen-bond donors (Lipinski definition) is 1. The normalized spacial score (nSPS) is 12.5. The fourth-order valence-electron chi connectivity index (χ4n) is 3.86. The third-order valence-electron chi connectivity index (χ3n) is 6.16. The number of amides is 2. The fraction of sp³-hybridized carbons (Fsp3) is 0.333. The predicted molar refractivity (Wildman–Crippen MR) is 140 cm³/mol. The molecule has 2 atom stereocenters. The monoisotopic (exact) mass is 472 g/mol. The molecule has 3 rings (SSSR count). The molecule has 0 radical (unpaired) electrons. The zero-order valence-corrected chi connectivity index (χ0v) is 21.2. The van der Waals surface area contributed by atoms with Crippen LogP contribution in [0.4, 0.5) is 0 Å². The van der Waals surface area contributed by atoms with Crippen LogP contribution in [0, 0.1) is 13.8 Å². The molecule has 0 aromatic heterocycles. The molecule has 0 spiro atoms. The van der Waals surface area contributed by atoms with Gasteiger partial charge < -0.3 is 15.0 Å². The Morgan fingerprint density at radius 1 is 0.914 bits per heavy atom. The van der Waals surface area contributed by atoms with Gasteiger partial charge in [0.15, 0.2) is 6.61 Å². The number of aryl methyl sites for hydroxylation is 2. The van der Waals surface area contributed by atoms with Crippen LogP contribution in [0.15, 0.2) is 78.9 Å². The number of hydrogen-bond acceptors (Lipinski definition) is 3. The maximum absolute atomic E-state index is 13.6. The van der Waals surface area contributed by atoms with Crippen molar-refractivity contribution in [3.8, 4) is 5.75 Å². The molecule has 2 amide bonds. The number of benzene rings is 3. The van der Waals surface area contributed by atoms with Crippen LogP contribution in [-0.4, -0.2) is 35.4 Å². The van der Waals surface area contributed by atoms with Crippen molar-refractivity contribution >= 4 is 11.8 Å². The van der Waals surface area contributed by atoms with Crippen LogP contribution in [0.3, 0.4) is 0 Å². The maximum atomic E-state index is 13.6. The minimum atomic E-state index is -0.665.